The fourth-order valence-electron chi connectivity index (χ4n) is 1.75. The lowest BCUT2D eigenvalue weighted by molar-refractivity contribution is 0.553. The zero-order chi connectivity index (χ0) is 13.0. The van der Waals surface area contributed by atoms with Gasteiger partial charge in [0.15, 0.2) is 0 Å². The minimum absolute atomic E-state index is 0.166. The van der Waals surface area contributed by atoms with Crippen LogP contribution in [0.3, 0.4) is 0 Å². The Morgan fingerprint density at radius 1 is 1.11 bits per heavy atom. The standard InChI is InChI=1S/C15H17FN2/c1-11(2)18-10-14-9-13(3-4-15(14)16)12-5-7-17-8-6-12/h3-9,11,18H,10H2,1-2H3. The Balaban J connectivity index is 2.26. The Hall–Kier alpha value is -1.74. The van der Waals surface area contributed by atoms with Crippen LogP contribution in [0.2, 0.25) is 0 Å². The summed E-state index contributed by atoms with van der Waals surface area (Å²) in [5.74, 6) is -0.166. The van der Waals surface area contributed by atoms with E-state index >= 15 is 0 Å². The number of rotatable bonds is 4. The maximum atomic E-state index is 13.7. The average molecular weight is 244 g/mol. The van der Waals surface area contributed by atoms with Gasteiger partial charge in [-0.15, -0.1) is 0 Å². The van der Waals surface area contributed by atoms with Crippen LogP contribution in [0.15, 0.2) is 42.7 Å². The molecule has 0 saturated heterocycles. The molecule has 0 saturated carbocycles. The van der Waals surface area contributed by atoms with E-state index in [0.29, 0.717) is 18.2 Å². The Bertz CT molecular complexity index is 509. The van der Waals surface area contributed by atoms with E-state index in [0.717, 1.165) is 11.1 Å². The van der Waals surface area contributed by atoms with Crippen LogP contribution in [0.5, 0.6) is 0 Å². The predicted octanol–water partition coefficient (Wildman–Crippen LogP) is 3.39. The summed E-state index contributed by atoms with van der Waals surface area (Å²) in [6.45, 7) is 4.64. The molecule has 3 heteroatoms. The van der Waals surface area contributed by atoms with Crippen molar-refractivity contribution in [2.75, 3.05) is 0 Å². The van der Waals surface area contributed by atoms with Gasteiger partial charge in [0.25, 0.3) is 0 Å². The molecule has 0 amide bonds. The van der Waals surface area contributed by atoms with Crippen molar-refractivity contribution in [3.05, 3.63) is 54.1 Å². The minimum atomic E-state index is -0.166. The number of pyridine rings is 1. The first-order valence-electron chi connectivity index (χ1n) is 6.09. The van der Waals surface area contributed by atoms with Crippen molar-refractivity contribution >= 4 is 0 Å². The first-order valence-corrected chi connectivity index (χ1v) is 6.09. The molecule has 0 atom stereocenters. The van der Waals surface area contributed by atoms with E-state index in [1.165, 1.54) is 6.07 Å². The first-order chi connectivity index (χ1) is 8.66. The molecule has 0 bridgehead atoms. The topological polar surface area (TPSA) is 24.9 Å². The molecule has 0 aliphatic rings. The summed E-state index contributed by atoms with van der Waals surface area (Å²) in [7, 11) is 0. The molecular formula is C15H17FN2. The number of hydrogen-bond acceptors (Lipinski definition) is 2. The van der Waals surface area contributed by atoms with Gasteiger partial charge < -0.3 is 5.32 Å². The van der Waals surface area contributed by atoms with Crippen LogP contribution in [-0.4, -0.2) is 11.0 Å². The molecule has 1 aromatic carbocycles. The molecule has 18 heavy (non-hydrogen) atoms. The molecule has 1 heterocycles. The SMILES string of the molecule is CC(C)NCc1cc(-c2ccncc2)ccc1F. The lowest BCUT2D eigenvalue weighted by atomic mass is 10.0. The van der Waals surface area contributed by atoms with Gasteiger partial charge in [0.1, 0.15) is 5.82 Å². The summed E-state index contributed by atoms with van der Waals surface area (Å²) in [6, 6.07) is 9.39. The number of hydrogen-bond donors (Lipinski definition) is 1. The van der Waals surface area contributed by atoms with Gasteiger partial charge in [-0.2, -0.15) is 0 Å². The van der Waals surface area contributed by atoms with Crippen LogP contribution < -0.4 is 5.32 Å². The number of halogens is 1. The van der Waals surface area contributed by atoms with Gasteiger partial charge in [0.05, 0.1) is 0 Å². The summed E-state index contributed by atoms with van der Waals surface area (Å²) in [5, 5.41) is 3.23. The highest BCUT2D eigenvalue weighted by Crippen LogP contribution is 2.21. The first kappa shape index (κ1) is 12.7. The maximum Gasteiger partial charge on any atom is 0.127 e. The number of benzene rings is 1. The van der Waals surface area contributed by atoms with E-state index in [1.807, 2.05) is 32.0 Å². The van der Waals surface area contributed by atoms with Crippen molar-refractivity contribution < 1.29 is 4.39 Å². The highest BCUT2D eigenvalue weighted by molar-refractivity contribution is 5.63. The van der Waals surface area contributed by atoms with Gasteiger partial charge in [-0.3, -0.25) is 4.98 Å². The minimum Gasteiger partial charge on any atom is -0.310 e. The van der Waals surface area contributed by atoms with Crippen molar-refractivity contribution in [1.29, 1.82) is 0 Å². The Labute approximate surface area is 107 Å². The molecule has 2 aromatic rings. The Morgan fingerprint density at radius 2 is 1.83 bits per heavy atom. The molecule has 0 fully saturated rings. The van der Waals surface area contributed by atoms with E-state index in [-0.39, 0.29) is 5.82 Å². The molecule has 1 aromatic heterocycles. The van der Waals surface area contributed by atoms with Crippen molar-refractivity contribution in [3.8, 4) is 11.1 Å². The summed E-state index contributed by atoms with van der Waals surface area (Å²) in [6.07, 6.45) is 3.48. The van der Waals surface area contributed by atoms with Crippen LogP contribution in [0.1, 0.15) is 19.4 Å². The Kier molecular flexibility index (Phi) is 4.05. The van der Waals surface area contributed by atoms with Gasteiger partial charge in [-0.1, -0.05) is 19.9 Å². The summed E-state index contributed by atoms with van der Waals surface area (Å²) < 4.78 is 13.7. The third-order valence-electron chi connectivity index (χ3n) is 2.76. The Morgan fingerprint density at radius 3 is 2.50 bits per heavy atom. The van der Waals surface area contributed by atoms with E-state index in [9.17, 15) is 4.39 Å². The van der Waals surface area contributed by atoms with Gasteiger partial charge in [-0.25, -0.2) is 4.39 Å². The molecule has 94 valence electrons. The second-order valence-corrected chi connectivity index (χ2v) is 4.58. The van der Waals surface area contributed by atoms with Gasteiger partial charge >= 0.3 is 0 Å². The van der Waals surface area contributed by atoms with Crippen LogP contribution in [-0.2, 0) is 6.54 Å². The quantitative estimate of drug-likeness (QED) is 0.891. The van der Waals surface area contributed by atoms with Gasteiger partial charge in [0.2, 0.25) is 0 Å². The summed E-state index contributed by atoms with van der Waals surface area (Å²) >= 11 is 0. The number of aromatic nitrogens is 1. The van der Waals surface area contributed by atoms with E-state index < -0.39 is 0 Å². The molecule has 0 unspecified atom stereocenters. The second kappa shape index (κ2) is 5.74. The fraction of sp³-hybridized carbons (Fsp3) is 0.267. The second-order valence-electron chi connectivity index (χ2n) is 4.58. The third-order valence-corrected chi connectivity index (χ3v) is 2.76. The average Bonchev–Trinajstić information content (AvgIpc) is 2.38. The van der Waals surface area contributed by atoms with Crippen molar-refractivity contribution in [3.63, 3.8) is 0 Å². The molecule has 2 nitrogen and oxygen atoms in total. The van der Waals surface area contributed by atoms with Crippen LogP contribution >= 0.6 is 0 Å². The van der Waals surface area contributed by atoms with E-state index in [4.69, 9.17) is 0 Å². The molecular weight excluding hydrogens is 227 g/mol. The van der Waals surface area contributed by atoms with E-state index in [1.54, 1.807) is 18.5 Å². The zero-order valence-electron chi connectivity index (χ0n) is 10.7. The number of nitrogens with one attached hydrogen (secondary N) is 1. The monoisotopic (exact) mass is 244 g/mol. The molecule has 1 N–H and O–H groups in total. The van der Waals surface area contributed by atoms with Crippen molar-refractivity contribution in [1.82, 2.24) is 10.3 Å². The molecule has 2 rings (SSSR count). The normalized spacial score (nSPS) is 10.9. The maximum absolute atomic E-state index is 13.7. The summed E-state index contributed by atoms with van der Waals surface area (Å²) in [5.41, 5.74) is 2.76. The predicted molar refractivity (Wildman–Crippen MR) is 71.6 cm³/mol. The molecule has 0 radical (unpaired) electrons. The zero-order valence-corrected chi connectivity index (χ0v) is 10.7. The molecule has 0 aliphatic heterocycles. The van der Waals surface area contributed by atoms with Crippen molar-refractivity contribution in [2.24, 2.45) is 0 Å². The number of nitrogens with zero attached hydrogens (tertiary/aromatic N) is 1. The highest BCUT2D eigenvalue weighted by atomic mass is 19.1. The van der Waals surface area contributed by atoms with Crippen LogP contribution in [0.25, 0.3) is 11.1 Å². The lowest BCUT2D eigenvalue weighted by Crippen LogP contribution is -2.22. The highest BCUT2D eigenvalue weighted by Gasteiger charge is 2.05. The smallest absolute Gasteiger partial charge is 0.127 e. The summed E-state index contributed by atoms with van der Waals surface area (Å²) in [4.78, 5) is 3.98. The largest absolute Gasteiger partial charge is 0.310 e. The van der Waals surface area contributed by atoms with Gasteiger partial charge in [-0.05, 0) is 35.4 Å². The molecule has 0 aliphatic carbocycles. The van der Waals surface area contributed by atoms with Crippen molar-refractivity contribution in [2.45, 2.75) is 26.4 Å². The third kappa shape index (κ3) is 3.14. The fourth-order valence-corrected chi connectivity index (χ4v) is 1.75. The van der Waals surface area contributed by atoms with E-state index in [2.05, 4.69) is 10.3 Å². The van der Waals surface area contributed by atoms with Crippen LogP contribution in [0, 0.1) is 5.82 Å². The van der Waals surface area contributed by atoms with Crippen LogP contribution in [0.4, 0.5) is 4.39 Å². The molecule has 0 spiro atoms. The van der Waals surface area contributed by atoms with Gasteiger partial charge in [0, 0.05) is 30.5 Å². The lowest BCUT2D eigenvalue weighted by Gasteiger charge is -2.10.